The number of alkyl halides is 3. The Balaban J connectivity index is 1.50. The van der Waals surface area contributed by atoms with Crippen molar-refractivity contribution in [3.05, 3.63) is 83.4 Å². The summed E-state index contributed by atoms with van der Waals surface area (Å²) in [5.41, 5.74) is 0.335. The van der Waals surface area contributed by atoms with Crippen LogP contribution < -0.4 is 14.8 Å². The first-order chi connectivity index (χ1) is 16.9. The van der Waals surface area contributed by atoms with E-state index in [4.69, 9.17) is 9.47 Å². The van der Waals surface area contributed by atoms with Gasteiger partial charge in [-0.25, -0.2) is 4.79 Å². The quantitative estimate of drug-likeness (QED) is 0.366. The number of carbonyl (C=O) groups excluding carboxylic acids is 1. The molecule has 0 aliphatic carbocycles. The molecule has 190 valence electrons. The molecule has 0 unspecified atom stereocenters. The van der Waals surface area contributed by atoms with Crippen LogP contribution in [0.3, 0.4) is 0 Å². The van der Waals surface area contributed by atoms with Crippen LogP contribution in [0.1, 0.15) is 35.3 Å². The lowest BCUT2D eigenvalue weighted by Crippen LogP contribution is -2.38. The fourth-order valence-corrected chi connectivity index (χ4v) is 3.25. The third-order valence-electron chi connectivity index (χ3n) is 5.38. The third kappa shape index (κ3) is 6.78. The molecule has 0 aromatic heterocycles. The van der Waals surface area contributed by atoms with Gasteiger partial charge in [0.1, 0.15) is 18.1 Å². The molecular formula is C27H26F3NO5. The van der Waals surface area contributed by atoms with Gasteiger partial charge < -0.3 is 19.9 Å². The van der Waals surface area contributed by atoms with Crippen LogP contribution >= 0.6 is 0 Å². The molecule has 0 saturated carbocycles. The summed E-state index contributed by atoms with van der Waals surface area (Å²) >= 11 is 0. The van der Waals surface area contributed by atoms with Gasteiger partial charge in [0.15, 0.2) is 5.60 Å². The van der Waals surface area contributed by atoms with Crippen molar-refractivity contribution in [3.8, 4) is 22.6 Å². The van der Waals surface area contributed by atoms with Crippen LogP contribution in [0, 0.1) is 6.92 Å². The monoisotopic (exact) mass is 501 g/mol. The number of amides is 1. The Hall–Kier alpha value is -4.01. The van der Waals surface area contributed by atoms with E-state index in [1.54, 1.807) is 49.4 Å². The Labute approximate surface area is 206 Å². The molecule has 0 saturated heterocycles. The van der Waals surface area contributed by atoms with E-state index < -0.39 is 23.3 Å². The Kier molecular flexibility index (Phi) is 7.92. The highest BCUT2D eigenvalue weighted by Crippen LogP contribution is 2.31. The predicted molar refractivity (Wildman–Crippen MR) is 128 cm³/mol. The molecule has 36 heavy (non-hydrogen) atoms. The summed E-state index contributed by atoms with van der Waals surface area (Å²) in [7, 11) is 0. The highest BCUT2D eigenvalue weighted by atomic mass is 19.4. The molecular weight excluding hydrogens is 475 g/mol. The molecule has 0 spiro atoms. The molecule has 3 rings (SSSR count). The first kappa shape index (κ1) is 26.6. The minimum Gasteiger partial charge on any atom is -0.492 e. The van der Waals surface area contributed by atoms with Crippen LogP contribution in [0.25, 0.3) is 11.1 Å². The van der Waals surface area contributed by atoms with Crippen molar-refractivity contribution >= 4 is 11.9 Å². The van der Waals surface area contributed by atoms with Gasteiger partial charge in [0.05, 0.1) is 12.1 Å². The summed E-state index contributed by atoms with van der Waals surface area (Å²) in [6.45, 7) is 5.14. The summed E-state index contributed by atoms with van der Waals surface area (Å²) in [6, 6.07) is 16.4. The van der Waals surface area contributed by atoms with E-state index >= 15 is 0 Å². The lowest BCUT2D eigenvalue weighted by atomic mass is 10.0. The van der Waals surface area contributed by atoms with Crippen LogP contribution in [0.15, 0.2) is 66.7 Å². The number of ether oxygens (including phenoxy) is 2. The van der Waals surface area contributed by atoms with Gasteiger partial charge in [-0.15, -0.1) is 0 Å². The van der Waals surface area contributed by atoms with E-state index in [0.717, 1.165) is 12.1 Å². The van der Waals surface area contributed by atoms with Crippen molar-refractivity contribution < 1.29 is 37.3 Å². The molecule has 0 radical (unpaired) electrons. The molecule has 3 aromatic rings. The zero-order valence-electron chi connectivity index (χ0n) is 20.0. The minimum absolute atomic E-state index is 0.204. The number of aryl methyl sites for hydroxylation is 1. The fourth-order valence-electron chi connectivity index (χ4n) is 3.25. The van der Waals surface area contributed by atoms with Gasteiger partial charge in [0, 0.05) is 5.56 Å². The molecule has 0 heterocycles. The molecule has 2 N–H and O–H groups in total. The first-order valence-corrected chi connectivity index (χ1v) is 11.1. The topological polar surface area (TPSA) is 84.9 Å². The highest BCUT2D eigenvalue weighted by Gasteiger charge is 2.30. The molecule has 0 fully saturated rings. The zero-order valence-corrected chi connectivity index (χ0v) is 20.0. The van der Waals surface area contributed by atoms with Gasteiger partial charge in [-0.2, -0.15) is 13.2 Å². The highest BCUT2D eigenvalue weighted by molar-refractivity contribution is 5.94. The van der Waals surface area contributed by atoms with Gasteiger partial charge in [-0.3, -0.25) is 4.79 Å². The first-order valence-electron chi connectivity index (χ1n) is 11.1. The van der Waals surface area contributed by atoms with Gasteiger partial charge >= 0.3 is 12.1 Å². The van der Waals surface area contributed by atoms with Crippen LogP contribution in [0.5, 0.6) is 11.5 Å². The average molecular weight is 502 g/mol. The summed E-state index contributed by atoms with van der Waals surface area (Å²) in [5, 5.41) is 11.9. The van der Waals surface area contributed by atoms with E-state index in [2.05, 4.69) is 5.32 Å². The number of aliphatic carboxylic acids is 1. The molecule has 3 aromatic carbocycles. The van der Waals surface area contributed by atoms with Crippen molar-refractivity contribution in [2.45, 2.75) is 32.5 Å². The molecule has 1 amide bonds. The van der Waals surface area contributed by atoms with E-state index in [9.17, 15) is 27.9 Å². The van der Waals surface area contributed by atoms with Crippen molar-refractivity contribution in [2.75, 3.05) is 13.2 Å². The van der Waals surface area contributed by atoms with Crippen LogP contribution in [-0.4, -0.2) is 35.7 Å². The molecule has 0 aliphatic rings. The maximum absolute atomic E-state index is 12.7. The summed E-state index contributed by atoms with van der Waals surface area (Å²) in [6.07, 6.45) is -4.39. The number of nitrogens with one attached hydrogen (secondary N) is 1. The van der Waals surface area contributed by atoms with Crippen molar-refractivity contribution in [1.29, 1.82) is 0 Å². The number of halogens is 3. The predicted octanol–water partition coefficient (Wildman–Crippen LogP) is 5.73. The Morgan fingerprint density at radius 1 is 0.917 bits per heavy atom. The maximum Gasteiger partial charge on any atom is 0.416 e. The summed E-state index contributed by atoms with van der Waals surface area (Å²) in [5.74, 6) is -0.411. The largest absolute Gasteiger partial charge is 0.492 e. The Morgan fingerprint density at radius 3 is 2.03 bits per heavy atom. The van der Waals surface area contributed by atoms with E-state index in [0.29, 0.717) is 33.8 Å². The second-order valence-electron chi connectivity index (χ2n) is 8.60. The van der Waals surface area contributed by atoms with E-state index in [1.165, 1.54) is 26.0 Å². The standard InChI is InChI=1S/C27H26F3NO5/c1-17-16-22(12-13-23(17)36-26(2,3)25(33)34)35-15-14-31-24(32)20-6-4-18(5-7-20)19-8-10-21(11-9-19)27(28,29)30/h4-13,16H,14-15H2,1-3H3,(H,31,32)(H,33,34). The number of hydrogen-bond acceptors (Lipinski definition) is 4. The summed E-state index contributed by atoms with van der Waals surface area (Å²) < 4.78 is 49.4. The Morgan fingerprint density at radius 2 is 1.50 bits per heavy atom. The maximum atomic E-state index is 12.7. The van der Waals surface area contributed by atoms with Crippen molar-refractivity contribution in [1.82, 2.24) is 5.32 Å². The summed E-state index contributed by atoms with van der Waals surface area (Å²) in [4.78, 5) is 23.6. The van der Waals surface area contributed by atoms with Gasteiger partial charge in [0.25, 0.3) is 5.91 Å². The molecule has 0 aliphatic heterocycles. The van der Waals surface area contributed by atoms with Gasteiger partial charge in [-0.05, 0) is 79.9 Å². The molecule has 9 heteroatoms. The minimum atomic E-state index is -4.39. The zero-order chi connectivity index (χ0) is 26.5. The van der Waals surface area contributed by atoms with E-state index in [1.807, 2.05) is 0 Å². The second kappa shape index (κ2) is 10.7. The van der Waals surface area contributed by atoms with E-state index in [-0.39, 0.29) is 19.1 Å². The van der Waals surface area contributed by atoms with Crippen molar-refractivity contribution in [3.63, 3.8) is 0 Å². The molecule has 6 nitrogen and oxygen atoms in total. The fraction of sp³-hybridized carbons (Fsp3) is 0.259. The SMILES string of the molecule is Cc1cc(OCCNC(=O)c2ccc(-c3ccc(C(F)(F)F)cc3)cc2)ccc1OC(C)(C)C(=O)O. The third-order valence-corrected chi connectivity index (χ3v) is 5.38. The lowest BCUT2D eigenvalue weighted by molar-refractivity contribution is -0.152. The molecule has 0 atom stereocenters. The number of hydrogen-bond donors (Lipinski definition) is 2. The normalized spacial score (nSPS) is 11.6. The lowest BCUT2D eigenvalue weighted by Gasteiger charge is -2.23. The van der Waals surface area contributed by atoms with Crippen LogP contribution in [-0.2, 0) is 11.0 Å². The second-order valence-corrected chi connectivity index (χ2v) is 8.60. The smallest absolute Gasteiger partial charge is 0.416 e. The number of carbonyl (C=O) groups is 2. The van der Waals surface area contributed by atoms with Gasteiger partial charge in [0.2, 0.25) is 0 Å². The number of benzene rings is 3. The number of carboxylic acids is 1. The van der Waals surface area contributed by atoms with Crippen LogP contribution in [0.2, 0.25) is 0 Å². The van der Waals surface area contributed by atoms with Crippen molar-refractivity contribution in [2.24, 2.45) is 0 Å². The van der Waals surface area contributed by atoms with Crippen LogP contribution in [0.4, 0.5) is 13.2 Å². The Bertz CT molecular complexity index is 1220. The average Bonchev–Trinajstić information content (AvgIpc) is 2.83. The number of rotatable bonds is 9. The molecule has 0 bridgehead atoms. The van der Waals surface area contributed by atoms with Gasteiger partial charge in [-0.1, -0.05) is 24.3 Å². The number of carboxylic acid groups (broad SMARTS) is 1.